The molecule has 1 fully saturated rings. The molecule has 1 atom stereocenters. The molecular weight excluding hydrogens is 323 g/mol. The molecule has 8 heteroatoms. The van der Waals surface area contributed by atoms with E-state index < -0.39 is 5.82 Å². The lowest BCUT2D eigenvalue weighted by molar-refractivity contribution is 0.102. The van der Waals surface area contributed by atoms with E-state index in [1.54, 1.807) is 6.33 Å². The molecule has 5 rings (SSSR count). The molecule has 0 radical (unpaired) electrons. The maximum Gasteiger partial charge on any atom is 0.261 e. The van der Waals surface area contributed by atoms with E-state index in [0.717, 1.165) is 31.2 Å². The minimum absolute atomic E-state index is 0.0586. The van der Waals surface area contributed by atoms with E-state index in [9.17, 15) is 9.18 Å². The Kier molecular flexibility index (Phi) is 3.06. The number of rotatable bonds is 3. The smallest absolute Gasteiger partial charge is 0.261 e. The number of nitrogens with one attached hydrogen (secondary N) is 1. The molecule has 0 aromatic carbocycles. The quantitative estimate of drug-likeness (QED) is 0.792. The lowest BCUT2D eigenvalue weighted by Gasteiger charge is -2.13. The van der Waals surface area contributed by atoms with Gasteiger partial charge in [0.2, 0.25) is 5.95 Å². The van der Waals surface area contributed by atoms with Crippen LogP contribution in [0.3, 0.4) is 0 Å². The Morgan fingerprint density at radius 1 is 1.24 bits per heavy atom. The molecule has 0 spiro atoms. The first-order valence-corrected chi connectivity index (χ1v) is 8.35. The van der Waals surface area contributed by atoms with E-state index in [1.165, 1.54) is 24.1 Å². The monoisotopic (exact) mass is 338 g/mol. The fourth-order valence-corrected chi connectivity index (χ4v) is 3.79. The van der Waals surface area contributed by atoms with Crippen molar-refractivity contribution in [2.24, 2.45) is 5.92 Å². The predicted octanol–water partition coefficient (Wildman–Crippen LogP) is 2.35. The fraction of sp³-hybridized carbons (Fsp3) is 0.353. The molecule has 0 saturated heterocycles. The van der Waals surface area contributed by atoms with E-state index in [1.807, 2.05) is 10.5 Å². The lowest BCUT2D eigenvalue weighted by atomic mass is 9.96. The highest BCUT2D eigenvalue weighted by Gasteiger charge is 2.38. The third-order valence-electron chi connectivity index (χ3n) is 5.09. The van der Waals surface area contributed by atoms with E-state index in [2.05, 4.69) is 25.5 Å². The lowest BCUT2D eigenvalue weighted by Crippen LogP contribution is -2.17. The van der Waals surface area contributed by atoms with Crippen molar-refractivity contribution in [2.75, 3.05) is 5.32 Å². The van der Waals surface area contributed by atoms with Crippen LogP contribution < -0.4 is 5.32 Å². The van der Waals surface area contributed by atoms with E-state index in [4.69, 9.17) is 0 Å². The van der Waals surface area contributed by atoms with E-state index >= 15 is 0 Å². The highest BCUT2D eigenvalue weighted by Crippen LogP contribution is 2.49. The Bertz CT molecular complexity index is 979. The van der Waals surface area contributed by atoms with Gasteiger partial charge in [-0.2, -0.15) is 0 Å². The summed E-state index contributed by atoms with van der Waals surface area (Å²) in [6.07, 6.45) is 8.30. The number of amides is 1. The average molecular weight is 338 g/mol. The summed E-state index contributed by atoms with van der Waals surface area (Å²) in [4.78, 5) is 20.3. The van der Waals surface area contributed by atoms with Crippen LogP contribution in [0.1, 0.15) is 46.8 Å². The van der Waals surface area contributed by atoms with Crippen molar-refractivity contribution in [3.05, 3.63) is 47.4 Å². The zero-order chi connectivity index (χ0) is 17.0. The summed E-state index contributed by atoms with van der Waals surface area (Å²) in [5, 5.41) is 10.7. The van der Waals surface area contributed by atoms with Gasteiger partial charge in [-0.3, -0.25) is 14.5 Å². The van der Waals surface area contributed by atoms with Crippen molar-refractivity contribution in [1.82, 2.24) is 24.6 Å². The predicted molar refractivity (Wildman–Crippen MR) is 86.7 cm³/mol. The van der Waals surface area contributed by atoms with Gasteiger partial charge in [0.25, 0.3) is 5.91 Å². The number of aryl methyl sites for hydroxylation is 1. The van der Waals surface area contributed by atoms with Crippen molar-refractivity contribution in [3.8, 4) is 0 Å². The highest BCUT2D eigenvalue weighted by molar-refractivity contribution is 6.07. The molecule has 1 saturated carbocycles. The molecule has 0 unspecified atom stereocenters. The van der Waals surface area contributed by atoms with Gasteiger partial charge in [0.05, 0.1) is 18.0 Å². The third-order valence-corrected chi connectivity index (χ3v) is 5.09. The first kappa shape index (κ1) is 14.4. The van der Waals surface area contributed by atoms with Crippen molar-refractivity contribution in [2.45, 2.75) is 31.6 Å². The molecule has 3 aromatic rings. The minimum Gasteiger partial charge on any atom is -0.290 e. The standard InChI is InChI=1S/C17H15FN6O/c18-10-6-19-17(20-7-10)22-16(25)13-5-12-11(9-1-2-9)3-4-14(12)24-8-21-23-15(13)24/h5-9,11H,1-4H2,(H,19,20,22,25)/t11-/m1/s1. The number of pyridine rings is 1. The molecule has 1 amide bonds. The first-order chi connectivity index (χ1) is 12.2. The summed E-state index contributed by atoms with van der Waals surface area (Å²) in [5.41, 5.74) is 3.39. The van der Waals surface area contributed by atoms with Gasteiger partial charge < -0.3 is 0 Å². The largest absolute Gasteiger partial charge is 0.290 e. The molecule has 3 heterocycles. The van der Waals surface area contributed by atoms with Gasteiger partial charge in [-0.15, -0.1) is 10.2 Å². The maximum atomic E-state index is 12.9. The molecule has 25 heavy (non-hydrogen) atoms. The van der Waals surface area contributed by atoms with Gasteiger partial charge in [0.15, 0.2) is 11.5 Å². The number of anilines is 1. The average Bonchev–Trinajstić information content (AvgIpc) is 3.17. The van der Waals surface area contributed by atoms with Gasteiger partial charge in [0, 0.05) is 5.69 Å². The van der Waals surface area contributed by atoms with Crippen molar-refractivity contribution >= 4 is 17.5 Å². The number of carbonyl (C=O) groups excluding carboxylic acids is 1. The molecular formula is C17H15FN6O. The van der Waals surface area contributed by atoms with Crippen molar-refractivity contribution < 1.29 is 9.18 Å². The van der Waals surface area contributed by atoms with Crippen LogP contribution in [0.25, 0.3) is 5.65 Å². The van der Waals surface area contributed by atoms with E-state index in [0.29, 0.717) is 17.1 Å². The third kappa shape index (κ3) is 2.36. The van der Waals surface area contributed by atoms with Crippen LogP contribution in [0.15, 0.2) is 24.8 Å². The van der Waals surface area contributed by atoms with E-state index in [-0.39, 0.29) is 11.9 Å². The summed E-state index contributed by atoms with van der Waals surface area (Å²) >= 11 is 0. The Morgan fingerprint density at radius 3 is 2.80 bits per heavy atom. The van der Waals surface area contributed by atoms with Crippen LogP contribution in [-0.4, -0.2) is 30.5 Å². The second kappa shape index (κ2) is 5.30. The zero-order valence-corrected chi connectivity index (χ0v) is 13.3. The van der Waals surface area contributed by atoms with Gasteiger partial charge >= 0.3 is 0 Å². The second-order valence-electron chi connectivity index (χ2n) is 6.65. The summed E-state index contributed by atoms with van der Waals surface area (Å²) in [7, 11) is 0. The molecule has 0 bridgehead atoms. The summed E-state index contributed by atoms with van der Waals surface area (Å²) in [6, 6.07) is 1.94. The summed E-state index contributed by atoms with van der Waals surface area (Å²) in [6.45, 7) is 0. The molecule has 2 aliphatic carbocycles. The molecule has 1 N–H and O–H groups in total. The Morgan fingerprint density at radius 2 is 2.04 bits per heavy atom. The fourth-order valence-electron chi connectivity index (χ4n) is 3.79. The molecule has 7 nitrogen and oxygen atoms in total. The highest BCUT2D eigenvalue weighted by atomic mass is 19.1. The molecule has 0 aliphatic heterocycles. The first-order valence-electron chi connectivity index (χ1n) is 8.35. The van der Waals surface area contributed by atoms with Crippen LogP contribution in [0, 0.1) is 11.7 Å². The number of hydrogen-bond donors (Lipinski definition) is 1. The normalized spacial score (nSPS) is 19.2. The van der Waals surface area contributed by atoms with Gasteiger partial charge in [-0.25, -0.2) is 14.4 Å². The SMILES string of the molecule is O=C(Nc1ncc(F)cn1)c1cc2c(n3cnnc13)CC[C@@H]2C1CC1. The topological polar surface area (TPSA) is 85.1 Å². The van der Waals surface area contributed by atoms with Crippen molar-refractivity contribution in [3.63, 3.8) is 0 Å². The van der Waals surface area contributed by atoms with Gasteiger partial charge in [0.1, 0.15) is 6.33 Å². The number of fused-ring (bicyclic) bond motifs is 3. The molecule has 126 valence electrons. The number of carbonyl (C=O) groups is 1. The second-order valence-corrected chi connectivity index (χ2v) is 6.65. The van der Waals surface area contributed by atoms with Crippen LogP contribution in [0.4, 0.5) is 10.3 Å². The summed E-state index contributed by atoms with van der Waals surface area (Å²) < 4.78 is 14.8. The Labute approximate surface area is 142 Å². The Hall–Kier alpha value is -2.90. The Balaban J connectivity index is 1.56. The van der Waals surface area contributed by atoms with Crippen LogP contribution in [-0.2, 0) is 6.42 Å². The maximum absolute atomic E-state index is 12.9. The van der Waals surface area contributed by atoms with Gasteiger partial charge in [-0.05, 0) is 49.1 Å². The van der Waals surface area contributed by atoms with Crippen LogP contribution in [0.5, 0.6) is 0 Å². The number of aromatic nitrogens is 5. The summed E-state index contributed by atoms with van der Waals surface area (Å²) in [5.74, 6) is 0.377. The minimum atomic E-state index is -0.553. The zero-order valence-electron chi connectivity index (χ0n) is 13.3. The van der Waals surface area contributed by atoms with Crippen LogP contribution in [0.2, 0.25) is 0 Å². The number of nitrogens with zero attached hydrogens (tertiary/aromatic N) is 5. The molecule has 3 aromatic heterocycles. The van der Waals surface area contributed by atoms with Crippen molar-refractivity contribution in [1.29, 1.82) is 0 Å². The number of hydrogen-bond acceptors (Lipinski definition) is 5. The van der Waals surface area contributed by atoms with Crippen LogP contribution >= 0.6 is 0 Å². The van der Waals surface area contributed by atoms with Gasteiger partial charge in [-0.1, -0.05) is 0 Å². The number of halogens is 1. The molecule has 2 aliphatic rings.